The Morgan fingerprint density at radius 2 is 2.00 bits per heavy atom. The van der Waals surface area contributed by atoms with Crippen LogP contribution in [0.25, 0.3) is 0 Å². The van der Waals surface area contributed by atoms with Gasteiger partial charge < -0.3 is 4.74 Å². The van der Waals surface area contributed by atoms with Crippen LogP contribution < -0.4 is 4.74 Å². The van der Waals surface area contributed by atoms with E-state index in [9.17, 15) is 9.59 Å². The molecule has 0 saturated carbocycles. The predicted molar refractivity (Wildman–Crippen MR) is 99.1 cm³/mol. The maximum absolute atomic E-state index is 13.3. The summed E-state index contributed by atoms with van der Waals surface area (Å²) in [6.07, 6.45) is 1.50. The quantitative estimate of drug-likeness (QED) is 0.630. The first-order valence-electron chi connectivity index (χ1n) is 9.11. The van der Waals surface area contributed by atoms with Crippen molar-refractivity contribution < 1.29 is 14.3 Å². The van der Waals surface area contributed by atoms with Crippen molar-refractivity contribution in [1.29, 1.82) is 0 Å². The van der Waals surface area contributed by atoms with Crippen LogP contribution in [-0.4, -0.2) is 29.2 Å². The number of fused-ring (bicyclic) bond motifs is 4. The van der Waals surface area contributed by atoms with E-state index in [2.05, 4.69) is 17.0 Å². The molecule has 0 aromatic heterocycles. The number of esters is 1. The Bertz CT molecular complexity index is 861. The number of piperidine rings is 1. The Balaban J connectivity index is 1.65. The molecule has 1 fully saturated rings. The number of carbonyl (C=O) groups excluding carboxylic acids is 2. The van der Waals surface area contributed by atoms with Crippen LogP contribution in [0.2, 0.25) is 0 Å². The van der Waals surface area contributed by atoms with Crippen molar-refractivity contribution in [3.63, 3.8) is 0 Å². The maximum Gasteiger partial charge on any atom is 0.308 e. The Hall–Kier alpha value is -2.46. The van der Waals surface area contributed by atoms with E-state index in [4.69, 9.17) is 4.74 Å². The van der Waals surface area contributed by atoms with Crippen molar-refractivity contribution >= 4 is 11.8 Å². The van der Waals surface area contributed by atoms with Gasteiger partial charge in [0.15, 0.2) is 5.78 Å². The molecule has 2 aromatic rings. The molecule has 26 heavy (non-hydrogen) atoms. The molecule has 0 radical (unpaired) electrons. The van der Waals surface area contributed by atoms with Gasteiger partial charge >= 0.3 is 5.97 Å². The van der Waals surface area contributed by atoms with Gasteiger partial charge in [-0.3, -0.25) is 14.5 Å². The van der Waals surface area contributed by atoms with E-state index in [1.54, 1.807) is 0 Å². The number of Topliss-reactive ketones (excluding diaryl/α,β-unsaturated/α-hetero) is 1. The van der Waals surface area contributed by atoms with E-state index in [-0.39, 0.29) is 17.8 Å². The lowest BCUT2D eigenvalue weighted by Gasteiger charge is -2.48. The molecule has 2 unspecified atom stereocenters. The first-order valence-corrected chi connectivity index (χ1v) is 9.11. The lowest BCUT2D eigenvalue weighted by atomic mass is 9.64. The number of rotatable bonds is 3. The number of ketones is 1. The van der Waals surface area contributed by atoms with Gasteiger partial charge in [0, 0.05) is 20.0 Å². The molecule has 4 nitrogen and oxygen atoms in total. The van der Waals surface area contributed by atoms with E-state index < -0.39 is 5.41 Å². The van der Waals surface area contributed by atoms with Gasteiger partial charge in [0.1, 0.15) is 5.75 Å². The van der Waals surface area contributed by atoms with Crippen LogP contribution in [0.15, 0.2) is 48.5 Å². The minimum absolute atomic E-state index is 0.0824. The van der Waals surface area contributed by atoms with Crippen molar-refractivity contribution in [1.82, 2.24) is 4.90 Å². The summed E-state index contributed by atoms with van der Waals surface area (Å²) in [5.74, 6) is 0.468. The number of nitrogens with zero attached hydrogens (tertiary/aromatic N) is 1. The number of hydrogen-bond donors (Lipinski definition) is 0. The van der Waals surface area contributed by atoms with E-state index in [0.29, 0.717) is 5.75 Å². The third-order valence-corrected chi connectivity index (χ3v) is 5.77. The standard InChI is InChI=1S/C22H23NO3/c1-15(24)26-18-9-8-17-12-20-21(25)22(2,19(17)13-18)10-11-23(20)14-16-6-4-3-5-7-16/h3-9,13,20H,10-12,14H2,1-2H3. The van der Waals surface area contributed by atoms with Gasteiger partial charge in [-0.2, -0.15) is 0 Å². The van der Waals surface area contributed by atoms with Gasteiger partial charge in [0.2, 0.25) is 0 Å². The highest BCUT2D eigenvalue weighted by atomic mass is 16.5. The molecule has 1 aliphatic heterocycles. The van der Waals surface area contributed by atoms with Crippen LogP contribution in [-0.2, 0) is 28.0 Å². The zero-order valence-electron chi connectivity index (χ0n) is 15.2. The highest BCUT2D eigenvalue weighted by molar-refractivity contribution is 5.97. The van der Waals surface area contributed by atoms with Gasteiger partial charge in [0.05, 0.1) is 11.5 Å². The summed E-state index contributed by atoms with van der Waals surface area (Å²) in [4.78, 5) is 26.8. The summed E-state index contributed by atoms with van der Waals surface area (Å²) in [7, 11) is 0. The fourth-order valence-corrected chi connectivity index (χ4v) is 4.36. The SMILES string of the molecule is CC(=O)Oc1ccc2c(c1)C1(C)CCN(Cc3ccccc3)C(C2)C1=O. The molecule has 2 bridgehead atoms. The van der Waals surface area contributed by atoms with Gasteiger partial charge in [-0.1, -0.05) is 36.4 Å². The Labute approximate surface area is 153 Å². The Morgan fingerprint density at radius 3 is 2.73 bits per heavy atom. The van der Waals surface area contributed by atoms with Gasteiger partial charge in [-0.15, -0.1) is 0 Å². The van der Waals surface area contributed by atoms with Crippen molar-refractivity contribution in [2.24, 2.45) is 0 Å². The molecule has 4 heteroatoms. The summed E-state index contributed by atoms with van der Waals surface area (Å²) in [5.41, 5.74) is 2.95. The molecular weight excluding hydrogens is 326 g/mol. The summed E-state index contributed by atoms with van der Waals surface area (Å²) in [6, 6.07) is 16.0. The third kappa shape index (κ3) is 2.84. The first kappa shape index (κ1) is 17.0. The molecule has 1 heterocycles. The maximum atomic E-state index is 13.3. The molecule has 4 rings (SSSR count). The minimum Gasteiger partial charge on any atom is -0.427 e. The average Bonchev–Trinajstić information content (AvgIpc) is 2.61. The molecule has 2 aromatic carbocycles. The van der Waals surface area contributed by atoms with E-state index in [1.165, 1.54) is 18.1 Å². The highest BCUT2D eigenvalue weighted by Gasteiger charge is 2.50. The zero-order valence-corrected chi connectivity index (χ0v) is 15.2. The molecule has 0 amide bonds. The van der Waals surface area contributed by atoms with Crippen LogP contribution in [0.1, 0.15) is 37.0 Å². The lowest BCUT2D eigenvalue weighted by molar-refractivity contribution is -0.135. The molecule has 134 valence electrons. The summed E-state index contributed by atoms with van der Waals surface area (Å²) in [5, 5.41) is 0. The Morgan fingerprint density at radius 1 is 1.23 bits per heavy atom. The Kier molecular flexibility index (Phi) is 4.16. The number of carbonyl (C=O) groups is 2. The van der Waals surface area contributed by atoms with Crippen molar-refractivity contribution in [2.75, 3.05) is 6.54 Å². The van der Waals surface area contributed by atoms with Crippen LogP contribution in [0.5, 0.6) is 5.75 Å². The van der Waals surface area contributed by atoms with Crippen LogP contribution >= 0.6 is 0 Å². The number of benzene rings is 2. The van der Waals surface area contributed by atoms with Crippen molar-refractivity contribution in [3.05, 3.63) is 65.2 Å². The smallest absolute Gasteiger partial charge is 0.308 e. The summed E-state index contributed by atoms with van der Waals surface area (Å²) < 4.78 is 5.24. The zero-order chi connectivity index (χ0) is 18.3. The number of likely N-dealkylation sites (tertiary alicyclic amines) is 1. The van der Waals surface area contributed by atoms with Gasteiger partial charge in [-0.05, 0) is 48.6 Å². The summed E-state index contributed by atoms with van der Waals surface area (Å²) >= 11 is 0. The van der Waals surface area contributed by atoms with Crippen LogP contribution in [0.3, 0.4) is 0 Å². The fourth-order valence-electron chi connectivity index (χ4n) is 4.36. The minimum atomic E-state index is -0.498. The normalized spacial score (nSPS) is 24.8. The topological polar surface area (TPSA) is 46.6 Å². The number of ether oxygens (including phenoxy) is 1. The monoisotopic (exact) mass is 349 g/mol. The lowest BCUT2D eigenvalue weighted by Crippen LogP contribution is -2.59. The molecule has 0 N–H and O–H groups in total. The van der Waals surface area contributed by atoms with E-state index in [0.717, 1.165) is 31.5 Å². The largest absolute Gasteiger partial charge is 0.427 e. The summed E-state index contributed by atoms with van der Waals surface area (Å²) in [6.45, 7) is 5.12. The van der Waals surface area contributed by atoms with E-state index >= 15 is 0 Å². The molecule has 0 spiro atoms. The molecule has 1 saturated heterocycles. The third-order valence-electron chi connectivity index (χ3n) is 5.77. The van der Waals surface area contributed by atoms with Gasteiger partial charge in [0.25, 0.3) is 0 Å². The van der Waals surface area contributed by atoms with Gasteiger partial charge in [-0.25, -0.2) is 0 Å². The predicted octanol–water partition coefficient (Wildman–Crippen LogP) is 3.27. The second kappa shape index (κ2) is 6.36. The molecule has 2 atom stereocenters. The van der Waals surface area contributed by atoms with E-state index in [1.807, 2.05) is 43.3 Å². The second-order valence-corrected chi connectivity index (χ2v) is 7.53. The second-order valence-electron chi connectivity index (χ2n) is 7.53. The van der Waals surface area contributed by atoms with Crippen LogP contribution in [0, 0.1) is 0 Å². The molecule has 1 aliphatic carbocycles. The van der Waals surface area contributed by atoms with Crippen LogP contribution in [0.4, 0.5) is 0 Å². The van der Waals surface area contributed by atoms with Crippen molar-refractivity contribution in [2.45, 2.75) is 44.7 Å². The van der Waals surface area contributed by atoms with Crippen molar-refractivity contribution in [3.8, 4) is 5.75 Å². The fraction of sp³-hybridized carbons (Fsp3) is 0.364. The molecule has 2 aliphatic rings. The highest BCUT2D eigenvalue weighted by Crippen LogP contribution is 2.43. The number of hydrogen-bond acceptors (Lipinski definition) is 4. The average molecular weight is 349 g/mol. The first-order chi connectivity index (χ1) is 12.5. The molecular formula is C22H23NO3.